The Morgan fingerprint density at radius 1 is 1.07 bits per heavy atom. The Morgan fingerprint density at radius 3 is 1.96 bits per heavy atom. The third-order valence-electron chi connectivity index (χ3n) is 4.49. The van der Waals surface area contributed by atoms with Crippen LogP contribution in [0.25, 0.3) is 0 Å². The summed E-state index contributed by atoms with van der Waals surface area (Å²) < 4.78 is 0. The lowest BCUT2D eigenvalue weighted by Crippen LogP contribution is -2.55. The van der Waals surface area contributed by atoms with Crippen molar-refractivity contribution < 1.29 is 14.7 Å². The van der Waals surface area contributed by atoms with Crippen molar-refractivity contribution in [2.45, 2.75) is 59.7 Å². The van der Waals surface area contributed by atoms with Crippen molar-refractivity contribution in [3.63, 3.8) is 0 Å². The average molecular weight is 423 g/mol. The number of aliphatic carboxylic acids is 1. The number of rotatable bonds is 9. The van der Waals surface area contributed by atoms with Gasteiger partial charge in [0.1, 0.15) is 6.04 Å². The number of nitrogens with zero attached hydrogens (tertiary/aromatic N) is 2. The van der Waals surface area contributed by atoms with E-state index in [0.717, 1.165) is 22.6 Å². The van der Waals surface area contributed by atoms with Gasteiger partial charge in [-0.2, -0.15) is 0 Å². The number of amides is 2. The van der Waals surface area contributed by atoms with Crippen molar-refractivity contribution in [2.24, 2.45) is 5.41 Å². The van der Waals surface area contributed by atoms with Crippen LogP contribution in [0.4, 0.5) is 4.79 Å². The van der Waals surface area contributed by atoms with Gasteiger partial charge in [0.2, 0.25) is 0 Å². The second-order valence-corrected chi connectivity index (χ2v) is 10.0. The molecule has 2 heterocycles. The van der Waals surface area contributed by atoms with Gasteiger partial charge in [-0.05, 0) is 34.7 Å². The van der Waals surface area contributed by atoms with E-state index in [1.807, 2.05) is 62.7 Å². The van der Waals surface area contributed by atoms with Crippen LogP contribution >= 0.6 is 22.7 Å². The molecule has 2 aromatic heterocycles. The minimum absolute atomic E-state index is 0.211. The van der Waals surface area contributed by atoms with Gasteiger partial charge in [-0.1, -0.05) is 46.2 Å². The molecule has 2 aromatic rings. The van der Waals surface area contributed by atoms with Gasteiger partial charge in [0.25, 0.3) is 0 Å². The standard InChI is InChI=1S/C21H30N2O3S2/c1-5-6-11-23(18(19(24)25)21(2,3)4)20(26)22(14-16-9-7-12-27-16)15-17-10-8-13-28-17/h7-10,12-13,18H,5-6,11,14-15H2,1-4H3,(H,24,25). The Hall–Kier alpha value is -1.86. The lowest BCUT2D eigenvalue weighted by molar-refractivity contribution is -0.146. The summed E-state index contributed by atoms with van der Waals surface area (Å²) in [5, 5.41) is 13.9. The second kappa shape index (κ2) is 10.1. The molecule has 2 rings (SSSR count). The van der Waals surface area contributed by atoms with Gasteiger partial charge in [-0.3, -0.25) is 0 Å². The zero-order chi connectivity index (χ0) is 20.7. The fourth-order valence-corrected chi connectivity index (χ4v) is 4.63. The normalized spacial score (nSPS) is 12.6. The third-order valence-corrected chi connectivity index (χ3v) is 6.21. The highest BCUT2D eigenvalue weighted by Crippen LogP contribution is 2.28. The molecule has 7 heteroatoms. The maximum atomic E-state index is 13.6. The smallest absolute Gasteiger partial charge is 0.327 e. The van der Waals surface area contributed by atoms with Crippen LogP contribution in [0.3, 0.4) is 0 Å². The van der Waals surface area contributed by atoms with E-state index in [4.69, 9.17) is 0 Å². The van der Waals surface area contributed by atoms with Crippen LogP contribution < -0.4 is 0 Å². The molecule has 0 saturated heterocycles. The molecular weight excluding hydrogens is 392 g/mol. The zero-order valence-corrected chi connectivity index (χ0v) is 18.7. The molecule has 28 heavy (non-hydrogen) atoms. The topological polar surface area (TPSA) is 60.9 Å². The first kappa shape index (κ1) is 22.4. The molecule has 0 aliphatic carbocycles. The summed E-state index contributed by atoms with van der Waals surface area (Å²) in [7, 11) is 0. The number of carboxylic acids is 1. The summed E-state index contributed by atoms with van der Waals surface area (Å²) in [6.45, 7) is 9.07. The Labute approximate surface area is 175 Å². The largest absolute Gasteiger partial charge is 0.480 e. The van der Waals surface area contributed by atoms with Crippen molar-refractivity contribution in [3.05, 3.63) is 44.8 Å². The van der Waals surface area contributed by atoms with Gasteiger partial charge in [-0.15, -0.1) is 22.7 Å². The molecule has 2 amide bonds. The van der Waals surface area contributed by atoms with Crippen molar-refractivity contribution in [1.29, 1.82) is 0 Å². The molecule has 1 atom stereocenters. The van der Waals surface area contributed by atoms with E-state index in [0.29, 0.717) is 19.6 Å². The molecule has 0 radical (unpaired) electrons. The molecule has 0 bridgehead atoms. The summed E-state index contributed by atoms with van der Waals surface area (Å²) in [4.78, 5) is 31.2. The number of hydrogen-bond acceptors (Lipinski definition) is 4. The van der Waals surface area contributed by atoms with E-state index < -0.39 is 17.4 Å². The second-order valence-electron chi connectivity index (χ2n) is 7.95. The maximum Gasteiger partial charge on any atom is 0.327 e. The lowest BCUT2D eigenvalue weighted by atomic mass is 9.85. The van der Waals surface area contributed by atoms with Crippen LogP contribution in [0.15, 0.2) is 35.0 Å². The van der Waals surface area contributed by atoms with Crippen LogP contribution in [0.2, 0.25) is 0 Å². The molecule has 0 aliphatic rings. The molecule has 0 saturated carbocycles. The van der Waals surface area contributed by atoms with Crippen LogP contribution in [0.5, 0.6) is 0 Å². The summed E-state index contributed by atoms with van der Waals surface area (Å²) in [6.07, 6.45) is 1.67. The van der Waals surface area contributed by atoms with Crippen molar-refractivity contribution >= 4 is 34.7 Å². The molecule has 0 aliphatic heterocycles. The number of urea groups is 1. The van der Waals surface area contributed by atoms with Crippen molar-refractivity contribution in [3.8, 4) is 0 Å². The van der Waals surface area contributed by atoms with E-state index >= 15 is 0 Å². The Bertz CT molecular complexity index is 700. The van der Waals surface area contributed by atoms with Crippen LogP contribution in [-0.2, 0) is 17.9 Å². The lowest BCUT2D eigenvalue weighted by Gasteiger charge is -2.40. The molecular formula is C21H30N2O3S2. The van der Waals surface area contributed by atoms with Gasteiger partial charge in [-0.25, -0.2) is 9.59 Å². The number of unbranched alkanes of at least 4 members (excludes halogenated alkanes) is 1. The van der Waals surface area contributed by atoms with Gasteiger partial charge >= 0.3 is 12.0 Å². The van der Waals surface area contributed by atoms with Crippen LogP contribution in [0, 0.1) is 5.41 Å². The first-order valence-corrected chi connectivity index (χ1v) is 11.3. The number of hydrogen-bond donors (Lipinski definition) is 1. The minimum atomic E-state index is -0.954. The van der Waals surface area contributed by atoms with Gasteiger partial charge in [0.15, 0.2) is 0 Å². The predicted octanol–water partition coefficient (Wildman–Crippen LogP) is 5.53. The zero-order valence-electron chi connectivity index (χ0n) is 17.1. The van der Waals surface area contributed by atoms with E-state index in [1.165, 1.54) is 0 Å². The predicted molar refractivity (Wildman–Crippen MR) is 116 cm³/mol. The first-order chi connectivity index (χ1) is 13.2. The fraction of sp³-hybridized carbons (Fsp3) is 0.524. The molecule has 0 fully saturated rings. The van der Waals surface area contributed by atoms with E-state index in [-0.39, 0.29) is 6.03 Å². The first-order valence-electron chi connectivity index (χ1n) is 9.57. The summed E-state index contributed by atoms with van der Waals surface area (Å²) in [5.41, 5.74) is -0.563. The van der Waals surface area contributed by atoms with Gasteiger partial charge in [0, 0.05) is 16.3 Å². The number of carboxylic acid groups (broad SMARTS) is 1. The molecule has 1 unspecified atom stereocenters. The summed E-state index contributed by atoms with van der Waals surface area (Å²) in [5.74, 6) is -0.954. The van der Waals surface area contributed by atoms with Crippen molar-refractivity contribution in [2.75, 3.05) is 6.54 Å². The highest BCUT2D eigenvalue weighted by atomic mass is 32.1. The van der Waals surface area contributed by atoms with E-state index in [9.17, 15) is 14.7 Å². The Kier molecular flexibility index (Phi) is 8.07. The molecule has 1 N–H and O–H groups in total. The van der Waals surface area contributed by atoms with Crippen molar-refractivity contribution in [1.82, 2.24) is 9.80 Å². The highest BCUT2D eigenvalue weighted by Gasteiger charge is 2.40. The fourth-order valence-electron chi connectivity index (χ4n) is 3.19. The SMILES string of the molecule is CCCCN(C(=O)N(Cc1cccs1)Cc1cccs1)C(C(=O)O)C(C)(C)C. The molecule has 0 spiro atoms. The van der Waals surface area contributed by atoms with Crippen LogP contribution in [-0.4, -0.2) is 39.5 Å². The van der Waals surface area contributed by atoms with Gasteiger partial charge in [0.05, 0.1) is 13.1 Å². The van der Waals surface area contributed by atoms with Crippen LogP contribution in [0.1, 0.15) is 50.3 Å². The number of thiophene rings is 2. The summed E-state index contributed by atoms with van der Waals surface area (Å²) in [6, 6.07) is 6.87. The third kappa shape index (κ3) is 6.07. The van der Waals surface area contributed by atoms with Gasteiger partial charge < -0.3 is 14.9 Å². The highest BCUT2D eigenvalue weighted by molar-refractivity contribution is 7.10. The summed E-state index contributed by atoms with van der Waals surface area (Å²) >= 11 is 3.21. The quantitative estimate of drug-likeness (QED) is 0.578. The maximum absolute atomic E-state index is 13.6. The number of carbonyl (C=O) groups is 2. The average Bonchev–Trinajstić information content (AvgIpc) is 3.29. The van der Waals surface area contributed by atoms with E-state index in [2.05, 4.69) is 0 Å². The number of carbonyl (C=O) groups excluding carboxylic acids is 1. The molecule has 5 nitrogen and oxygen atoms in total. The minimum Gasteiger partial charge on any atom is -0.480 e. The molecule has 154 valence electrons. The monoisotopic (exact) mass is 422 g/mol. The molecule has 0 aromatic carbocycles. The van der Waals surface area contributed by atoms with E-state index in [1.54, 1.807) is 32.5 Å². The Morgan fingerprint density at radius 2 is 1.61 bits per heavy atom. The Balaban J connectivity index is 2.35.